The molecule has 0 radical (unpaired) electrons. The second-order valence-corrected chi connectivity index (χ2v) is 6.57. The number of ether oxygens (including phenoxy) is 1. The molecule has 2 unspecified atom stereocenters. The summed E-state index contributed by atoms with van der Waals surface area (Å²) in [5.41, 5.74) is 1.30. The third kappa shape index (κ3) is 4.21. The van der Waals surface area contributed by atoms with Gasteiger partial charge in [-0.1, -0.05) is 6.07 Å². The van der Waals surface area contributed by atoms with E-state index in [2.05, 4.69) is 52.3 Å². The van der Waals surface area contributed by atoms with Crippen molar-refractivity contribution in [1.82, 2.24) is 10.2 Å². The number of methoxy groups -OCH3 is 1. The monoisotopic (exact) mass is 340 g/mol. The summed E-state index contributed by atoms with van der Waals surface area (Å²) >= 11 is 3.56. The fourth-order valence-corrected chi connectivity index (χ4v) is 3.37. The summed E-state index contributed by atoms with van der Waals surface area (Å²) in [6.45, 7) is 4.65. The molecule has 4 heteroatoms. The molecule has 0 saturated carbocycles. The lowest BCUT2D eigenvalue weighted by atomic mass is 10.0. The van der Waals surface area contributed by atoms with E-state index >= 15 is 0 Å². The van der Waals surface area contributed by atoms with Gasteiger partial charge in [-0.3, -0.25) is 0 Å². The van der Waals surface area contributed by atoms with Crippen molar-refractivity contribution in [3.63, 3.8) is 0 Å². The number of nitrogens with zero attached hydrogens (tertiary/aromatic N) is 1. The highest BCUT2D eigenvalue weighted by Gasteiger charge is 2.17. The highest BCUT2D eigenvalue weighted by atomic mass is 79.9. The maximum absolute atomic E-state index is 5.29. The minimum Gasteiger partial charge on any atom is -0.496 e. The van der Waals surface area contributed by atoms with Crippen molar-refractivity contribution < 1.29 is 4.74 Å². The number of likely N-dealkylation sites (tertiary alicyclic amines) is 1. The fourth-order valence-electron chi connectivity index (χ4n) is 2.81. The van der Waals surface area contributed by atoms with Gasteiger partial charge in [-0.15, -0.1) is 0 Å². The highest BCUT2D eigenvalue weighted by molar-refractivity contribution is 9.10. The lowest BCUT2D eigenvalue weighted by Crippen LogP contribution is -2.32. The van der Waals surface area contributed by atoms with Crippen LogP contribution in [0, 0.1) is 0 Å². The Kier molecular flexibility index (Phi) is 5.87. The summed E-state index contributed by atoms with van der Waals surface area (Å²) in [4.78, 5) is 2.43. The number of benzene rings is 1. The molecule has 0 spiro atoms. The molecule has 3 nitrogen and oxygen atoms in total. The molecular formula is C16H25BrN2O. The Balaban J connectivity index is 1.97. The molecule has 0 amide bonds. The summed E-state index contributed by atoms with van der Waals surface area (Å²) in [5.74, 6) is 0.886. The van der Waals surface area contributed by atoms with Crippen LogP contribution in [0.3, 0.4) is 0 Å². The van der Waals surface area contributed by atoms with Gasteiger partial charge in [0.05, 0.1) is 11.6 Å². The first-order chi connectivity index (χ1) is 9.60. The van der Waals surface area contributed by atoms with Gasteiger partial charge in [0.25, 0.3) is 0 Å². The molecule has 0 aliphatic carbocycles. The first kappa shape index (κ1) is 15.8. The number of rotatable bonds is 4. The molecule has 1 saturated heterocycles. The number of hydrogen-bond donors (Lipinski definition) is 1. The first-order valence-corrected chi connectivity index (χ1v) is 8.17. The zero-order valence-corrected chi connectivity index (χ0v) is 14.2. The molecule has 2 atom stereocenters. The molecule has 1 heterocycles. The van der Waals surface area contributed by atoms with E-state index in [4.69, 9.17) is 4.74 Å². The SMILES string of the molecule is COc1ccc(C(C)NC2CCCN(C)CC2)cc1Br. The lowest BCUT2D eigenvalue weighted by molar-refractivity contribution is 0.340. The summed E-state index contributed by atoms with van der Waals surface area (Å²) in [7, 11) is 3.91. The van der Waals surface area contributed by atoms with Crippen LogP contribution in [-0.2, 0) is 0 Å². The summed E-state index contributed by atoms with van der Waals surface area (Å²) < 4.78 is 6.31. The van der Waals surface area contributed by atoms with Gasteiger partial charge < -0.3 is 15.0 Å². The van der Waals surface area contributed by atoms with Crippen LogP contribution in [0.4, 0.5) is 0 Å². The minimum absolute atomic E-state index is 0.366. The predicted molar refractivity (Wildman–Crippen MR) is 87.4 cm³/mol. The van der Waals surface area contributed by atoms with Crippen molar-refractivity contribution in [3.8, 4) is 5.75 Å². The van der Waals surface area contributed by atoms with Crippen molar-refractivity contribution in [2.45, 2.75) is 38.3 Å². The van der Waals surface area contributed by atoms with Crippen LogP contribution < -0.4 is 10.1 Å². The number of nitrogens with one attached hydrogen (secondary N) is 1. The van der Waals surface area contributed by atoms with Crippen LogP contribution >= 0.6 is 15.9 Å². The maximum Gasteiger partial charge on any atom is 0.133 e. The standard InChI is InChI=1S/C16H25BrN2O/c1-12(13-6-7-16(20-3)15(17)11-13)18-14-5-4-9-19(2)10-8-14/h6-7,11-12,14,18H,4-5,8-10H2,1-3H3. The lowest BCUT2D eigenvalue weighted by Gasteiger charge is -2.23. The molecule has 0 aromatic heterocycles. The Bertz CT molecular complexity index is 438. The van der Waals surface area contributed by atoms with Crippen molar-refractivity contribution >= 4 is 15.9 Å². The summed E-state index contributed by atoms with van der Waals surface area (Å²) in [5, 5.41) is 3.77. The highest BCUT2D eigenvalue weighted by Crippen LogP contribution is 2.28. The average molecular weight is 341 g/mol. The van der Waals surface area contributed by atoms with E-state index in [1.54, 1.807) is 7.11 Å². The van der Waals surface area contributed by atoms with E-state index in [1.807, 2.05) is 6.07 Å². The van der Waals surface area contributed by atoms with Gasteiger partial charge >= 0.3 is 0 Å². The molecular weight excluding hydrogens is 316 g/mol. The second kappa shape index (κ2) is 7.43. The van der Waals surface area contributed by atoms with Gasteiger partial charge in [0, 0.05) is 12.1 Å². The summed E-state index contributed by atoms with van der Waals surface area (Å²) in [6.07, 6.45) is 3.79. The molecule has 20 heavy (non-hydrogen) atoms. The smallest absolute Gasteiger partial charge is 0.133 e. The van der Waals surface area contributed by atoms with Gasteiger partial charge in [0.1, 0.15) is 5.75 Å². The Labute approximate surface area is 130 Å². The Hall–Kier alpha value is -0.580. The molecule has 2 rings (SSSR count). The van der Waals surface area contributed by atoms with Crippen molar-refractivity contribution in [1.29, 1.82) is 0 Å². The van der Waals surface area contributed by atoms with Gasteiger partial charge in [0.15, 0.2) is 0 Å². The summed E-state index contributed by atoms with van der Waals surface area (Å²) in [6, 6.07) is 7.31. The number of hydrogen-bond acceptors (Lipinski definition) is 3. The van der Waals surface area contributed by atoms with E-state index in [1.165, 1.54) is 37.9 Å². The van der Waals surface area contributed by atoms with E-state index in [-0.39, 0.29) is 0 Å². The fraction of sp³-hybridized carbons (Fsp3) is 0.625. The maximum atomic E-state index is 5.29. The van der Waals surface area contributed by atoms with Crippen LogP contribution in [0.15, 0.2) is 22.7 Å². The van der Waals surface area contributed by atoms with Gasteiger partial charge in [-0.25, -0.2) is 0 Å². The Morgan fingerprint density at radius 3 is 2.85 bits per heavy atom. The van der Waals surface area contributed by atoms with Crippen molar-refractivity contribution in [2.24, 2.45) is 0 Å². The molecule has 0 bridgehead atoms. The average Bonchev–Trinajstić information content (AvgIpc) is 2.63. The molecule has 112 valence electrons. The van der Waals surface area contributed by atoms with E-state index in [9.17, 15) is 0 Å². The first-order valence-electron chi connectivity index (χ1n) is 7.38. The number of halogens is 1. The van der Waals surface area contributed by atoms with Crippen LogP contribution in [0.5, 0.6) is 5.75 Å². The largest absolute Gasteiger partial charge is 0.496 e. The van der Waals surface area contributed by atoms with Crippen LogP contribution in [0.1, 0.15) is 37.8 Å². The molecule has 1 aromatic rings. The third-order valence-corrected chi connectivity index (χ3v) is 4.73. The second-order valence-electron chi connectivity index (χ2n) is 5.71. The predicted octanol–water partition coefficient (Wildman–Crippen LogP) is 3.59. The van der Waals surface area contributed by atoms with Gasteiger partial charge in [-0.05, 0) is 79.9 Å². The van der Waals surface area contributed by atoms with Gasteiger partial charge in [-0.2, -0.15) is 0 Å². The van der Waals surface area contributed by atoms with E-state index in [0.29, 0.717) is 12.1 Å². The molecule has 1 aliphatic rings. The van der Waals surface area contributed by atoms with E-state index in [0.717, 1.165) is 10.2 Å². The quantitative estimate of drug-likeness (QED) is 0.906. The zero-order chi connectivity index (χ0) is 14.5. The molecule has 1 aliphatic heterocycles. The van der Waals surface area contributed by atoms with Crippen LogP contribution in [0.2, 0.25) is 0 Å². The van der Waals surface area contributed by atoms with Crippen molar-refractivity contribution in [2.75, 3.05) is 27.2 Å². The minimum atomic E-state index is 0.366. The van der Waals surface area contributed by atoms with Crippen LogP contribution in [0.25, 0.3) is 0 Å². The third-order valence-electron chi connectivity index (χ3n) is 4.11. The van der Waals surface area contributed by atoms with E-state index < -0.39 is 0 Å². The van der Waals surface area contributed by atoms with Crippen molar-refractivity contribution in [3.05, 3.63) is 28.2 Å². The zero-order valence-electron chi connectivity index (χ0n) is 12.7. The molecule has 1 fully saturated rings. The Morgan fingerprint density at radius 1 is 1.35 bits per heavy atom. The van der Waals surface area contributed by atoms with Crippen LogP contribution in [-0.4, -0.2) is 38.2 Å². The molecule has 1 aromatic carbocycles. The normalized spacial score (nSPS) is 22.3. The molecule has 1 N–H and O–H groups in total. The topological polar surface area (TPSA) is 24.5 Å². The van der Waals surface area contributed by atoms with Gasteiger partial charge in [0.2, 0.25) is 0 Å². The Morgan fingerprint density at radius 2 is 2.15 bits per heavy atom.